The van der Waals surface area contributed by atoms with Crippen molar-refractivity contribution >= 4 is 6.09 Å². The van der Waals surface area contributed by atoms with E-state index in [1.54, 1.807) is 0 Å². The quantitative estimate of drug-likeness (QED) is 0.670. The minimum atomic E-state index is -0.314. The number of nitrogens with one attached hydrogen (secondary N) is 2. The fraction of sp³-hybridized carbons (Fsp3) is 0.900. The summed E-state index contributed by atoms with van der Waals surface area (Å²) >= 11 is 0. The van der Waals surface area contributed by atoms with E-state index in [0.29, 0.717) is 0 Å². The monoisotopic (exact) mass is 200 g/mol. The Hall–Kier alpha value is -0.770. The summed E-state index contributed by atoms with van der Waals surface area (Å²) in [5, 5.41) is 5.98. The number of ether oxygens (including phenoxy) is 1. The van der Waals surface area contributed by atoms with Gasteiger partial charge in [0.15, 0.2) is 0 Å². The van der Waals surface area contributed by atoms with Gasteiger partial charge in [0.1, 0.15) is 6.10 Å². The molecule has 14 heavy (non-hydrogen) atoms. The first-order chi connectivity index (χ1) is 6.47. The molecule has 1 aliphatic rings. The molecule has 0 radical (unpaired) electrons. The van der Waals surface area contributed by atoms with Crippen molar-refractivity contribution < 1.29 is 9.53 Å². The minimum absolute atomic E-state index is 0.0334. The molecule has 0 aromatic carbocycles. The number of hydrogen-bond acceptors (Lipinski definition) is 3. The molecule has 0 spiro atoms. The van der Waals surface area contributed by atoms with Gasteiger partial charge in [-0.2, -0.15) is 0 Å². The van der Waals surface area contributed by atoms with E-state index in [4.69, 9.17) is 4.74 Å². The molecule has 0 unspecified atom stereocenters. The summed E-state index contributed by atoms with van der Waals surface area (Å²) in [5.74, 6) is 0. The van der Waals surface area contributed by atoms with Gasteiger partial charge in [-0.05, 0) is 40.2 Å². The largest absolute Gasteiger partial charge is 0.445 e. The second-order valence-corrected chi connectivity index (χ2v) is 4.75. The zero-order valence-corrected chi connectivity index (χ0v) is 9.22. The van der Waals surface area contributed by atoms with Gasteiger partial charge in [-0.1, -0.05) is 0 Å². The average molecular weight is 200 g/mol. The van der Waals surface area contributed by atoms with Crippen LogP contribution in [0.4, 0.5) is 4.79 Å². The molecule has 1 rings (SSSR count). The first-order valence-electron chi connectivity index (χ1n) is 5.17. The zero-order valence-electron chi connectivity index (χ0n) is 9.22. The highest BCUT2D eigenvalue weighted by Crippen LogP contribution is 2.07. The molecule has 0 bridgehead atoms. The zero-order chi connectivity index (χ0) is 10.6. The van der Waals surface area contributed by atoms with Gasteiger partial charge in [0.25, 0.3) is 0 Å². The first-order valence-corrected chi connectivity index (χ1v) is 5.17. The Bertz CT molecular complexity index is 193. The van der Waals surface area contributed by atoms with E-state index in [1.165, 1.54) is 0 Å². The van der Waals surface area contributed by atoms with Gasteiger partial charge in [-0.15, -0.1) is 0 Å². The molecular weight excluding hydrogens is 180 g/mol. The predicted molar refractivity (Wildman–Crippen MR) is 55.3 cm³/mol. The van der Waals surface area contributed by atoms with Crippen molar-refractivity contribution in [3.8, 4) is 0 Å². The molecule has 0 aromatic heterocycles. The number of piperidine rings is 1. The smallest absolute Gasteiger partial charge is 0.407 e. The molecular formula is C10H20N2O2. The van der Waals surface area contributed by atoms with E-state index in [-0.39, 0.29) is 17.7 Å². The fourth-order valence-corrected chi connectivity index (χ4v) is 1.41. The summed E-state index contributed by atoms with van der Waals surface area (Å²) in [5.41, 5.74) is -0.223. The number of rotatable bonds is 1. The first kappa shape index (κ1) is 11.3. The lowest BCUT2D eigenvalue weighted by Gasteiger charge is -2.26. The summed E-state index contributed by atoms with van der Waals surface area (Å²) in [6.07, 6.45) is 1.76. The standard InChI is InChI=1S/C10H20N2O2/c1-10(2,3)12-9(13)14-8-5-4-6-11-7-8/h8,11H,4-7H2,1-3H3,(H,12,13)/t8-/m0/s1. The van der Waals surface area contributed by atoms with Crippen LogP contribution in [0.25, 0.3) is 0 Å². The highest BCUT2D eigenvalue weighted by molar-refractivity contribution is 5.68. The fourth-order valence-electron chi connectivity index (χ4n) is 1.41. The van der Waals surface area contributed by atoms with E-state index in [1.807, 2.05) is 20.8 Å². The SMILES string of the molecule is CC(C)(C)NC(=O)O[C@H]1CCCNC1. The van der Waals surface area contributed by atoms with Crippen molar-refractivity contribution in [2.75, 3.05) is 13.1 Å². The van der Waals surface area contributed by atoms with Crippen molar-refractivity contribution in [1.29, 1.82) is 0 Å². The Morgan fingerprint density at radius 3 is 2.71 bits per heavy atom. The van der Waals surface area contributed by atoms with Gasteiger partial charge < -0.3 is 15.4 Å². The number of alkyl carbamates (subject to hydrolysis) is 1. The maximum atomic E-state index is 11.4. The molecule has 1 fully saturated rings. The predicted octanol–water partition coefficient (Wildman–Crippen LogP) is 1.26. The highest BCUT2D eigenvalue weighted by Gasteiger charge is 2.20. The average Bonchev–Trinajstić information content (AvgIpc) is 2.02. The molecule has 82 valence electrons. The maximum Gasteiger partial charge on any atom is 0.407 e. The van der Waals surface area contributed by atoms with Gasteiger partial charge in [0.05, 0.1) is 0 Å². The molecule has 1 amide bonds. The van der Waals surface area contributed by atoms with Crippen molar-refractivity contribution in [1.82, 2.24) is 10.6 Å². The van der Waals surface area contributed by atoms with E-state index in [2.05, 4.69) is 10.6 Å². The topological polar surface area (TPSA) is 50.4 Å². The van der Waals surface area contributed by atoms with Crippen LogP contribution in [0.1, 0.15) is 33.6 Å². The van der Waals surface area contributed by atoms with E-state index in [9.17, 15) is 4.79 Å². The van der Waals surface area contributed by atoms with Crippen LogP contribution >= 0.6 is 0 Å². The van der Waals surface area contributed by atoms with Crippen LogP contribution < -0.4 is 10.6 Å². The van der Waals surface area contributed by atoms with Gasteiger partial charge >= 0.3 is 6.09 Å². The summed E-state index contributed by atoms with van der Waals surface area (Å²) < 4.78 is 5.25. The van der Waals surface area contributed by atoms with E-state index < -0.39 is 0 Å². The molecule has 4 heteroatoms. The molecule has 1 heterocycles. The van der Waals surface area contributed by atoms with Gasteiger partial charge in [-0.3, -0.25) is 0 Å². The molecule has 1 atom stereocenters. The lowest BCUT2D eigenvalue weighted by Crippen LogP contribution is -2.45. The number of carbonyl (C=O) groups is 1. The third-order valence-corrected chi connectivity index (χ3v) is 2.00. The summed E-state index contributed by atoms with van der Waals surface area (Å²) in [4.78, 5) is 11.4. The van der Waals surface area contributed by atoms with E-state index in [0.717, 1.165) is 25.9 Å². The van der Waals surface area contributed by atoms with Crippen LogP contribution in [-0.4, -0.2) is 30.8 Å². The van der Waals surface area contributed by atoms with Crippen LogP contribution in [0.5, 0.6) is 0 Å². The number of carbonyl (C=O) groups excluding carboxylic acids is 1. The second-order valence-electron chi connectivity index (χ2n) is 4.75. The Kier molecular flexibility index (Phi) is 3.75. The van der Waals surface area contributed by atoms with Gasteiger partial charge in [-0.25, -0.2) is 4.79 Å². The lowest BCUT2D eigenvalue weighted by atomic mass is 10.1. The van der Waals surface area contributed by atoms with Crippen molar-refractivity contribution in [3.05, 3.63) is 0 Å². The molecule has 0 aliphatic carbocycles. The summed E-state index contributed by atoms with van der Waals surface area (Å²) in [7, 11) is 0. The van der Waals surface area contributed by atoms with Crippen LogP contribution in [0.3, 0.4) is 0 Å². The van der Waals surface area contributed by atoms with Crippen molar-refractivity contribution in [2.45, 2.75) is 45.3 Å². The molecule has 1 aliphatic heterocycles. The van der Waals surface area contributed by atoms with Crippen molar-refractivity contribution in [2.24, 2.45) is 0 Å². The molecule has 0 saturated carbocycles. The summed E-state index contributed by atoms with van der Waals surface area (Å²) in [6.45, 7) is 7.62. The lowest BCUT2D eigenvalue weighted by molar-refractivity contribution is 0.0771. The second kappa shape index (κ2) is 4.64. The molecule has 0 aromatic rings. The molecule has 1 saturated heterocycles. The van der Waals surface area contributed by atoms with Crippen LogP contribution in [0.2, 0.25) is 0 Å². The third-order valence-electron chi connectivity index (χ3n) is 2.00. The van der Waals surface area contributed by atoms with Crippen LogP contribution in [0, 0.1) is 0 Å². The summed E-state index contributed by atoms with van der Waals surface area (Å²) in [6, 6.07) is 0. The van der Waals surface area contributed by atoms with Crippen molar-refractivity contribution in [3.63, 3.8) is 0 Å². The Labute approximate surface area is 85.4 Å². The number of amides is 1. The molecule has 2 N–H and O–H groups in total. The Morgan fingerprint density at radius 2 is 2.21 bits per heavy atom. The highest BCUT2D eigenvalue weighted by atomic mass is 16.6. The van der Waals surface area contributed by atoms with Gasteiger partial charge in [0.2, 0.25) is 0 Å². The van der Waals surface area contributed by atoms with Crippen LogP contribution in [-0.2, 0) is 4.74 Å². The maximum absolute atomic E-state index is 11.4. The Morgan fingerprint density at radius 1 is 1.50 bits per heavy atom. The van der Waals surface area contributed by atoms with Crippen LogP contribution in [0.15, 0.2) is 0 Å². The molecule has 4 nitrogen and oxygen atoms in total. The van der Waals surface area contributed by atoms with Gasteiger partial charge in [0, 0.05) is 12.1 Å². The third kappa shape index (κ3) is 4.46. The Balaban J connectivity index is 2.25. The minimum Gasteiger partial charge on any atom is -0.445 e. The number of hydrogen-bond donors (Lipinski definition) is 2. The van der Waals surface area contributed by atoms with E-state index >= 15 is 0 Å². The normalized spacial score (nSPS) is 22.9.